The maximum Gasteiger partial charge on any atom is 0.267 e. The van der Waals surface area contributed by atoms with Crippen molar-refractivity contribution in [1.82, 2.24) is 19.8 Å². The fourth-order valence-electron chi connectivity index (χ4n) is 5.31. The van der Waals surface area contributed by atoms with Gasteiger partial charge in [0.05, 0.1) is 32.2 Å². The molecule has 0 radical (unpaired) electrons. The van der Waals surface area contributed by atoms with E-state index in [1.54, 1.807) is 24.5 Å². The molecule has 1 fully saturated rings. The van der Waals surface area contributed by atoms with Gasteiger partial charge in [-0.1, -0.05) is 30.3 Å². The fourth-order valence-corrected chi connectivity index (χ4v) is 6.49. The Morgan fingerprint density at radius 2 is 1.77 bits per heavy atom. The Bertz CT molecular complexity index is 1460. The van der Waals surface area contributed by atoms with Crippen LogP contribution in [0.15, 0.2) is 66.0 Å². The molecule has 0 saturated carbocycles. The van der Waals surface area contributed by atoms with Crippen molar-refractivity contribution < 1.29 is 17.9 Å². The average molecular weight is 564 g/mol. The number of pyridine rings is 2. The molecule has 0 unspecified atom stereocenters. The van der Waals surface area contributed by atoms with Crippen LogP contribution in [-0.4, -0.2) is 80.7 Å². The number of aromatic nitrogens is 2. The van der Waals surface area contributed by atoms with Crippen LogP contribution in [0.1, 0.15) is 31.4 Å². The Morgan fingerprint density at radius 1 is 1.02 bits per heavy atom. The molecule has 2 atom stereocenters. The molecule has 10 heteroatoms. The molecule has 0 bridgehead atoms. The van der Waals surface area contributed by atoms with Gasteiger partial charge in [0.15, 0.2) is 0 Å². The Kier molecular flexibility index (Phi) is 8.51. The normalized spacial score (nSPS) is 20.6. The Balaban J connectivity index is 1.32. The quantitative estimate of drug-likeness (QED) is 0.434. The predicted molar refractivity (Wildman–Crippen MR) is 157 cm³/mol. The van der Waals surface area contributed by atoms with E-state index in [1.165, 1.54) is 18.9 Å². The number of piperazine rings is 1. The molecule has 0 amide bonds. The van der Waals surface area contributed by atoms with Gasteiger partial charge in [0, 0.05) is 49.7 Å². The number of hydrogen-bond acceptors (Lipinski definition) is 8. The van der Waals surface area contributed by atoms with Crippen LogP contribution in [0.3, 0.4) is 0 Å². The second-order valence-electron chi connectivity index (χ2n) is 10.6. The minimum Gasteiger partial charge on any atom is -0.480 e. The summed E-state index contributed by atoms with van der Waals surface area (Å²) in [5.41, 5.74) is 5.12. The summed E-state index contributed by atoms with van der Waals surface area (Å²) in [7, 11) is -0.395. The van der Waals surface area contributed by atoms with Gasteiger partial charge in [0.2, 0.25) is 5.88 Å². The zero-order valence-corrected chi connectivity index (χ0v) is 24.3. The van der Waals surface area contributed by atoms with Crippen molar-refractivity contribution in [2.45, 2.75) is 43.8 Å². The summed E-state index contributed by atoms with van der Waals surface area (Å²) in [6, 6.07) is 12.8. The Morgan fingerprint density at radius 3 is 2.45 bits per heavy atom. The monoisotopic (exact) mass is 563 g/mol. The molecule has 1 N–H and O–H groups in total. The van der Waals surface area contributed by atoms with Crippen LogP contribution in [0.5, 0.6) is 5.88 Å². The molecule has 1 saturated heterocycles. The molecule has 2 aliphatic rings. The number of anilines is 1. The first kappa shape index (κ1) is 28.2. The molecular formula is C30H37N5O4S. The van der Waals surface area contributed by atoms with Gasteiger partial charge in [0.25, 0.3) is 10.0 Å². The molecule has 5 rings (SSSR count). The molecule has 1 aromatic carbocycles. The zero-order valence-electron chi connectivity index (χ0n) is 23.5. The first-order chi connectivity index (χ1) is 19.2. The van der Waals surface area contributed by atoms with Crippen LogP contribution in [0.2, 0.25) is 0 Å². The van der Waals surface area contributed by atoms with Crippen molar-refractivity contribution in [3.05, 3.63) is 72.2 Å². The van der Waals surface area contributed by atoms with E-state index in [-0.39, 0.29) is 10.8 Å². The number of rotatable bonds is 8. The summed E-state index contributed by atoms with van der Waals surface area (Å²) in [6.07, 6.45) is 7.50. The molecule has 0 aliphatic carbocycles. The summed E-state index contributed by atoms with van der Waals surface area (Å²) in [4.78, 5) is 13.5. The number of nitrogens with one attached hydrogen (secondary N) is 1. The highest BCUT2D eigenvalue weighted by atomic mass is 32.2. The number of benzene rings is 1. The summed E-state index contributed by atoms with van der Waals surface area (Å²) in [5.74, 6) is 0.0350. The second kappa shape index (κ2) is 12.1. The minimum absolute atomic E-state index is 0.0257. The van der Waals surface area contributed by atoms with Gasteiger partial charge in [-0.3, -0.25) is 19.5 Å². The van der Waals surface area contributed by atoms with Gasteiger partial charge >= 0.3 is 0 Å². The summed E-state index contributed by atoms with van der Waals surface area (Å²) >= 11 is 0. The lowest BCUT2D eigenvalue weighted by Gasteiger charge is -2.42. The van der Waals surface area contributed by atoms with Gasteiger partial charge in [-0.2, -0.15) is 0 Å². The van der Waals surface area contributed by atoms with Gasteiger partial charge < -0.3 is 9.47 Å². The number of likely N-dealkylation sites (N-methyl/N-ethyl adjacent to an activating group) is 1. The number of sulfonamides is 1. The van der Waals surface area contributed by atoms with Crippen LogP contribution in [0, 0.1) is 0 Å². The zero-order chi connectivity index (χ0) is 28.3. The van der Waals surface area contributed by atoms with E-state index >= 15 is 0 Å². The van der Waals surface area contributed by atoms with Crippen LogP contribution in [-0.2, 0) is 21.3 Å². The highest BCUT2D eigenvalue weighted by molar-refractivity contribution is 7.92. The lowest BCUT2D eigenvalue weighted by Crippen LogP contribution is -2.54. The topological polar surface area (TPSA) is 96.9 Å². The molecule has 4 heterocycles. The SMILES string of the molecule is COc1ncc(C2=CCOCC2)cc1S(=O)(=O)Nc1cncc(-c2ccc(CN3C[C@@H](C)N(C)[C@@H](C)C3)cc2)c1. The van der Waals surface area contributed by atoms with E-state index in [0.29, 0.717) is 37.4 Å². The van der Waals surface area contributed by atoms with Crippen LogP contribution < -0.4 is 9.46 Å². The van der Waals surface area contributed by atoms with Crippen molar-refractivity contribution in [3.8, 4) is 17.0 Å². The van der Waals surface area contributed by atoms with E-state index in [1.807, 2.05) is 6.08 Å². The van der Waals surface area contributed by atoms with Crippen molar-refractivity contribution in [3.63, 3.8) is 0 Å². The number of nitrogens with zero attached hydrogens (tertiary/aromatic N) is 4. The molecule has 2 aliphatic heterocycles. The van der Waals surface area contributed by atoms with E-state index in [4.69, 9.17) is 9.47 Å². The van der Waals surface area contributed by atoms with Crippen molar-refractivity contribution in [2.24, 2.45) is 0 Å². The van der Waals surface area contributed by atoms with Gasteiger partial charge in [-0.15, -0.1) is 0 Å². The Hall–Kier alpha value is -3.31. The van der Waals surface area contributed by atoms with E-state index in [9.17, 15) is 8.42 Å². The average Bonchev–Trinajstić information content (AvgIpc) is 2.96. The third kappa shape index (κ3) is 6.36. The van der Waals surface area contributed by atoms with Crippen LogP contribution in [0.4, 0.5) is 5.69 Å². The largest absolute Gasteiger partial charge is 0.480 e. The molecule has 0 spiro atoms. The smallest absolute Gasteiger partial charge is 0.267 e. The first-order valence-corrected chi connectivity index (χ1v) is 15.0. The second-order valence-corrected chi connectivity index (χ2v) is 12.3. The van der Waals surface area contributed by atoms with E-state index < -0.39 is 10.0 Å². The summed E-state index contributed by atoms with van der Waals surface area (Å²) < 4.78 is 40.2. The number of hydrogen-bond donors (Lipinski definition) is 1. The summed E-state index contributed by atoms with van der Waals surface area (Å²) in [5, 5.41) is 0. The van der Waals surface area contributed by atoms with Gasteiger partial charge in [0.1, 0.15) is 4.90 Å². The molecule has 3 aromatic rings. The van der Waals surface area contributed by atoms with Crippen molar-refractivity contribution >= 4 is 21.3 Å². The lowest BCUT2D eigenvalue weighted by atomic mass is 10.0. The van der Waals surface area contributed by atoms with Gasteiger partial charge in [-0.25, -0.2) is 13.4 Å². The molecule has 212 valence electrons. The maximum atomic E-state index is 13.5. The third-order valence-electron chi connectivity index (χ3n) is 7.75. The molecule has 2 aromatic heterocycles. The summed E-state index contributed by atoms with van der Waals surface area (Å²) in [6.45, 7) is 8.62. The highest BCUT2D eigenvalue weighted by Crippen LogP contribution is 2.30. The molecule has 9 nitrogen and oxygen atoms in total. The molecular weight excluding hydrogens is 526 g/mol. The first-order valence-electron chi connectivity index (χ1n) is 13.6. The predicted octanol–water partition coefficient (Wildman–Crippen LogP) is 4.28. The highest BCUT2D eigenvalue weighted by Gasteiger charge is 2.26. The van der Waals surface area contributed by atoms with Gasteiger partial charge in [-0.05, 0) is 61.7 Å². The van der Waals surface area contributed by atoms with E-state index in [0.717, 1.165) is 41.9 Å². The van der Waals surface area contributed by atoms with Crippen molar-refractivity contribution in [2.75, 3.05) is 45.2 Å². The van der Waals surface area contributed by atoms with Crippen molar-refractivity contribution in [1.29, 1.82) is 0 Å². The standard InChI is InChI=1S/C30H37N5O4S/c1-21-18-35(19-22(2)34(21)3)20-23-5-7-24(8-6-23)26-13-28(17-31-15-26)33-40(36,37)29-14-27(16-32-30(29)38-4)25-9-11-39-12-10-25/h5-9,13-17,21-22,33H,10-12,18-20H2,1-4H3/t21-,22+. The lowest BCUT2D eigenvalue weighted by molar-refractivity contribution is 0.0556. The number of ether oxygens (including phenoxy) is 2. The van der Waals surface area contributed by atoms with Crippen LogP contribution >= 0.6 is 0 Å². The van der Waals surface area contributed by atoms with E-state index in [2.05, 4.69) is 69.7 Å². The Labute approximate surface area is 236 Å². The fraction of sp³-hybridized carbons (Fsp3) is 0.400. The third-order valence-corrected chi connectivity index (χ3v) is 9.13. The van der Waals surface area contributed by atoms with Crippen LogP contribution in [0.25, 0.3) is 16.7 Å². The molecule has 40 heavy (non-hydrogen) atoms. The minimum atomic E-state index is -4.00. The number of methoxy groups -OCH3 is 1. The maximum absolute atomic E-state index is 13.5.